The Morgan fingerprint density at radius 1 is 1.47 bits per heavy atom. The molecule has 1 atom stereocenters. The van der Waals surface area contributed by atoms with Crippen LogP contribution in [-0.2, 0) is 6.54 Å². The van der Waals surface area contributed by atoms with E-state index < -0.39 is 0 Å². The van der Waals surface area contributed by atoms with Crippen LogP contribution in [0.3, 0.4) is 0 Å². The zero-order valence-electron chi connectivity index (χ0n) is 10.00. The number of halogens is 1. The summed E-state index contributed by atoms with van der Waals surface area (Å²) in [6.07, 6.45) is 1.87. The molecule has 0 aliphatic heterocycles. The number of aromatic amines is 1. The minimum atomic E-state index is 0.321. The lowest BCUT2D eigenvalue weighted by Gasteiger charge is -2.14. The fraction of sp³-hybridized carbons (Fsp3) is 0.308. The maximum atomic E-state index is 4.01. The molecule has 2 rings (SSSR count). The van der Waals surface area contributed by atoms with Crippen molar-refractivity contribution in [3.05, 3.63) is 51.8 Å². The van der Waals surface area contributed by atoms with Crippen molar-refractivity contribution in [3.8, 4) is 0 Å². The van der Waals surface area contributed by atoms with Crippen LogP contribution in [-0.4, -0.2) is 10.2 Å². The molecule has 0 saturated heterocycles. The molecule has 0 saturated carbocycles. The molecule has 2 N–H and O–H groups in total. The van der Waals surface area contributed by atoms with Crippen LogP contribution in [0.5, 0.6) is 0 Å². The van der Waals surface area contributed by atoms with Gasteiger partial charge in [0.2, 0.25) is 0 Å². The second kappa shape index (κ2) is 5.47. The summed E-state index contributed by atoms with van der Waals surface area (Å²) < 4.78 is 1.11. The number of rotatable bonds is 4. The second-order valence-corrected chi connectivity index (χ2v) is 5.09. The molecule has 1 aromatic heterocycles. The van der Waals surface area contributed by atoms with E-state index in [1.54, 1.807) is 0 Å². The third-order valence-electron chi connectivity index (χ3n) is 2.88. The lowest BCUT2D eigenvalue weighted by Crippen LogP contribution is -2.18. The molecule has 1 aromatic carbocycles. The molecule has 0 radical (unpaired) electrons. The first-order valence-corrected chi connectivity index (χ1v) is 6.44. The minimum Gasteiger partial charge on any atom is -0.306 e. The van der Waals surface area contributed by atoms with Crippen molar-refractivity contribution in [3.63, 3.8) is 0 Å². The summed E-state index contributed by atoms with van der Waals surface area (Å²) in [5.74, 6) is 0. The zero-order chi connectivity index (χ0) is 12.3. The fourth-order valence-electron chi connectivity index (χ4n) is 1.71. The fourth-order valence-corrected chi connectivity index (χ4v) is 2.13. The molecular weight excluding hydrogens is 278 g/mol. The van der Waals surface area contributed by atoms with Crippen LogP contribution in [0, 0.1) is 6.92 Å². The van der Waals surface area contributed by atoms with Crippen LogP contribution < -0.4 is 5.32 Å². The first kappa shape index (κ1) is 12.3. The Kier molecular flexibility index (Phi) is 3.97. The third-order valence-corrected chi connectivity index (χ3v) is 3.37. The molecule has 0 amide bonds. The van der Waals surface area contributed by atoms with Crippen LogP contribution in [0.2, 0.25) is 0 Å². The van der Waals surface area contributed by atoms with Gasteiger partial charge in [0.15, 0.2) is 0 Å². The quantitative estimate of drug-likeness (QED) is 0.908. The van der Waals surface area contributed by atoms with Crippen molar-refractivity contribution in [2.45, 2.75) is 26.4 Å². The van der Waals surface area contributed by atoms with E-state index in [0.29, 0.717) is 6.04 Å². The SMILES string of the molecule is Cc1[nH]ncc1CN[C@H](C)c1cccc(Br)c1. The molecule has 0 fully saturated rings. The Morgan fingerprint density at radius 3 is 2.94 bits per heavy atom. The Hall–Kier alpha value is -1.13. The molecule has 1 heterocycles. The van der Waals surface area contributed by atoms with Gasteiger partial charge in [0.25, 0.3) is 0 Å². The van der Waals surface area contributed by atoms with Gasteiger partial charge >= 0.3 is 0 Å². The van der Waals surface area contributed by atoms with Gasteiger partial charge in [-0.3, -0.25) is 5.10 Å². The third kappa shape index (κ3) is 3.17. The van der Waals surface area contributed by atoms with Gasteiger partial charge in [0.05, 0.1) is 6.20 Å². The monoisotopic (exact) mass is 293 g/mol. The summed E-state index contributed by atoms with van der Waals surface area (Å²) >= 11 is 3.49. The van der Waals surface area contributed by atoms with E-state index in [0.717, 1.165) is 16.7 Å². The number of nitrogens with zero attached hydrogens (tertiary/aromatic N) is 1. The van der Waals surface area contributed by atoms with Crippen molar-refractivity contribution >= 4 is 15.9 Å². The van der Waals surface area contributed by atoms with E-state index in [4.69, 9.17) is 0 Å². The first-order valence-electron chi connectivity index (χ1n) is 5.64. The van der Waals surface area contributed by atoms with Crippen LogP contribution in [0.15, 0.2) is 34.9 Å². The summed E-state index contributed by atoms with van der Waals surface area (Å²) in [6, 6.07) is 8.68. The van der Waals surface area contributed by atoms with Gasteiger partial charge in [-0.2, -0.15) is 5.10 Å². The van der Waals surface area contributed by atoms with E-state index >= 15 is 0 Å². The topological polar surface area (TPSA) is 40.7 Å². The maximum absolute atomic E-state index is 4.01. The van der Waals surface area contributed by atoms with Crippen molar-refractivity contribution < 1.29 is 0 Å². The number of hydrogen-bond donors (Lipinski definition) is 2. The van der Waals surface area contributed by atoms with E-state index in [1.807, 2.05) is 19.2 Å². The van der Waals surface area contributed by atoms with Gasteiger partial charge in [0.1, 0.15) is 0 Å². The molecular formula is C13H16BrN3. The number of hydrogen-bond acceptors (Lipinski definition) is 2. The van der Waals surface area contributed by atoms with Crippen LogP contribution in [0.1, 0.15) is 29.8 Å². The normalized spacial score (nSPS) is 12.6. The molecule has 17 heavy (non-hydrogen) atoms. The lowest BCUT2D eigenvalue weighted by atomic mass is 10.1. The lowest BCUT2D eigenvalue weighted by molar-refractivity contribution is 0.573. The second-order valence-electron chi connectivity index (χ2n) is 4.18. The van der Waals surface area contributed by atoms with Crippen molar-refractivity contribution in [1.82, 2.24) is 15.5 Å². The van der Waals surface area contributed by atoms with Gasteiger partial charge in [-0.15, -0.1) is 0 Å². The summed E-state index contributed by atoms with van der Waals surface area (Å²) in [4.78, 5) is 0. The van der Waals surface area contributed by atoms with E-state index in [1.165, 1.54) is 11.1 Å². The number of benzene rings is 1. The highest BCUT2D eigenvalue weighted by Crippen LogP contribution is 2.18. The average molecular weight is 294 g/mol. The molecule has 90 valence electrons. The van der Waals surface area contributed by atoms with Gasteiger partial charge in [0, 0.05) is 28.3 Å². The highest BCUT2D eigenvalue weighted by atomic mass is 79.9. The van der Waals surface area contributed by atoms with E-state index in [2.05, 4.69) is 56.6 Å². The average Bonchev–Trinajstić information content (AvgIpc) is 2.72. The van der Waals surface area contributed by atoms with Gasteiger partial charge in [-0.1, -0.05) is 28.1 Å². The van der Waals surface area contributed by atoms with E-state index in [9.17, 15) is 0 Å². The molecule has 3 nitrogen and oxygen atoms in total. The maximum Gasteiger partial charge on any atom is 0.0535 e. The van der Waals surface area contributed by atoms with Crippen molar-refractivity contribution in [2.75, 3.05) is 0 Å². The summed E-state index contributed by atoms with van der Waals surface area (Å²) in [6.45, 7) is 5.03. The Bertz CT molecular complexity index is 493. The molecule has 0 spiro atoms. The van der Waals surface area contributed by atoms with Gasteiger partial charge < -0.3 is 5.32 Å². The standard InChI is InChI=1S/C13H16BrN3/c1-9(11-4-3-5-13(14)6-11)15-7-12-8-16-17-10(12)2/h3-6,8-9,15H,7H2,1-2H3,(H,16,17)/t9-/m1/s1. The van der Waals surface area contributed by atoms with E-state index in [-0.39, 0.29) is 0 Å². The Morgan fingerprint density at radius 2 is 2.29 bits per heavy atom. The number of H-pyrrole nitrogens is 1. The number of aryl methyl sites for hydroxylation is 1. The minimum absolute atomic E-state index is 0.321. The predicted molar refractivity (Wildman–Crippen MR) is 72.7 cm³/mol. The summed E-state index contributed by atoms with van der Waals surface area (Å²) in [7, 11) is 0. The number of aromatic nitrogens is 2. The van der Waals surface area contributed by atoms with Crippen LogP contribution in [0.25, 0.3) is 0 Å². The highest BCUT2D eigenvalue weighted by Gasteiger charge is 2.06. The smallest absolute Gasteiger partial charge is 0.0535 e. The predicted octanol–water partition coefficient (Wildman–Crippen LogP) is 3.33. The first-order chi connectivity index (χ1) is 8.16. The molecule has 2 aromatic rings. The largest absolute Gasteiger partial charge is 0.306 e. The molecule has 4 heteroatoms. The zero-order valence-corrected chi connectivity index (χ0v) is 11.6. The van der Waals surface area contributed by atoms with Crippen LogP contribution >= 0.6 is 15.9 Å². The molecule has 0 bridgehead atoms. The van der Waals surface area contributed by atoms with Crippen LogP contribution in [0.4, 0.5) is 0 Å². The number of nitrogens with one attached hydrogen (secondary N) is 2. The molecule has 0 unspecified atom stereocenters. The Balaban J connectivity index is 1.98. The summed E-state index contributed by atoms with van der Waals surface area (Å²) in [5.41, 5.74) is 3.62. The van der Waals surface area contributed by atoms with Gasteiger partial charge in [-0.25, -0.2) is 0 Å². The van der Waals surface area contributed by atoms with Crippen molar-refractivity contribution in [2.24, 2.45) is 0 Å². The molecule has 0 aliphatic rings. The summed E-state index contributed by atoms with van der Waals surface area (Å²) in [5, 5.41) is 10.4. The highest BCUT2D eigenvalue weighted by molar-refractivity contribution is 9.10. The van der Waals surface area contributed by atoms with Gasteiger partial charge in [-0.05, 0) is 31.5 Å². The Labute approximate surface area is 110 Å². The molecule has 0 aliphatic carbocycles. The van der Waals surface area contributed by atoms with Crippen molar-refractivity contribution in [1.29, 1.82) is 0 Å².